The van der Waals surface area contributed by atoms with E-state index in [4.69, 9.17) is 9.15 Å². The van der Waals surface area contributed by atoms with E-state index in [9.17, 15) is 4.79 Å². The highest BCUT2D eigenvalue weighted by molar-refractivity contribution is 5.76. The molecule has 0 saturated carbocycles. The second kappa shape index (κ2) is 7.33. The van der Waals surface area contributed by atoms with Crippen molar-refractivity contribution in [2.45, 2.75) is 25.4 Å². The molecule has 5 heteroatoms. The summed E-state index contributed by atoms with van der Waals surface area (Å²) in [6, 6.07) is 12.2. The second-order valence-electron chi connectivity index (χ2n) is 5.72. The fourth-order valence-corrected chi connectivity index (χ4v) is 2.87. The van der Waals surface area contributed by atoms with Gasteiger partial charge < -0.3 is 14.5 Å². The number of hydrogen-bond donors (Lipinski definition) is 1. The number of ether oxygens (including phenoxy) is 1. The first-order chi connectivity index (χ1) is 11.3. The summed E-state index contributed by atoms with van der Waals surface area (Å²) in [6.07, 6.45) is 3.24. The van der Waals surface area contributed by atoms with Gasteiger partial charge in [-0.25, -0.2) is 0 Å². The first kappa shape index (κ1) is 15.6. The average molecular weight is 314 g/mol. The molecule has 0 radical (unpaired) electrons. The molecule has 1 fully saturated rings. The number of methoxy groups -OCH3 is 1. The van der Waals surface area contributed by atoms with Crippen LogP contribution in [0, 0.1) is 0 Å². The molecule has 0 spiro atoms. The lowest BCUT2D eigenvalue weighted by molar-refractivity contribution is -0.122. The van der Waals surface area contributed by atoms with E-state index in [1.54, 1.807) is 13.4 Å². The van der Waals surface area contributed by atoms with Crippen LogP contribution < -0.4 is 10.1 Å². The van der Waals surface area contributed by atoms with Crippen LogP contribution in [0.2, 0.25) is 0 Å². The average Bonchev–Trinajstić information content (AvgIpc) is 3.06. The standard InChI is InChI=1S/C18H22N2O3/c1-22-15-5-2-4-14(12-15)17-7-9-20(17)10-8-18(21)19-13-16-6-3-11-23-16/h2-6,11-12,17H,7-10,13H2,1H3,(H,19,21). The third-order valence-electron chi connectivity index (χ3n) is 4.28. The minimum Gasteiger partial charge on any atom is -0.497 e. The Bertz CT molecular complexity index is 639. The van der Waals surface area contributed by atoms with E-state index in [2.05, 4.69) is 22.3 Å². The Labute approximate surface area is 136 Å². The van der Waals surface area contributed by atoms with E-state index in [0.29, 0.717) is 19.0 Å². The maximum absolute atomic E-state index is 11.9. The van der Waals surface area contributed by atoms with Crippen LogP contribution in [0.3, 0.4) is 0 Å². The van der Waals surface area contributed by atoms with Crippen molar-refractivity contribution in [2.75, 3.05) is 20.2 Å². The van der Waals surface area contributed by atoms with Crippen LogP contribution in [0.15, 0.2) is 47.1 Å². The van der Waals surface area contributed by atoms with E-state index in [-0.39, 0.29) is 5.91 Å². The van der Waals surface area contributed by atoms with Gasteiger partial charge in [-0.05, 0) is 36.2 Å². The molecule has 1 aromatic carbocycles. The fourth-order valence-electron chi connectivity index (χ4n) is 2.87. The smallest absolute Gasteiger partial charge is 0.221 e. The first-order valence-electron chi connectivity index (χ1n) is 7.93. The number of amides is 1. The highest BCUT2D eigenvalue weighted by atomic mass is 16.5. The molecule has 1 amide bonds. The number of nitrogens with zero attached hydrogens (tertiary/aromatic N) is 1. The maximum Gasteiger partial charge on any atom is 0.221 e. The summed E-state index contributed by atoms with van der Waals surface area (Å²) in [6.45, 7) is 2.25. The minimum absolute atomic E-state index is 0.0534. The lowest BCUT2D eigenvalue weighted by atomic mass is 9.94. The summed E-state index contributed by atoms with van der Waals surface area (Å²) in [5, 5.41) is 2.88. The van der Waals surface area contributed by atoms with Crippen molar-refractivity contribution in [3.8, 4) is 5.75 Å². The summed E-state index contributed by atoms with van der Waals surface area (Å²) in [7, 11) is 1.68. The summed E-state index contributed by atoms with van der Waals surface area (Å²) < 4.78 is 10.5. The van der Waals surface area contributed by atoms with Crippen molar-refractivity contribution in [1.82, 2.24) is 10.2 Å². The number of rotatable bonds is 7. The predicted octanol–water partition coefficient (Wildman–Crippen LogP) is 2.74. The maximum atomic E-state index is 11.9. The molecule has 122 valence electrons. The van der Waals surface area contributed by atoms with E-state index in [1.807, 2.05) is 24.3 Å². The van der Waals surface area contributed by atoms with E-state index >= 15 is 0 Å². The molecule has 1 atom stereocenters. The number of furan rings is 1. The molecule has 1 unspecified atom stereocenters. The first-order valence-corrected chi connectivity index (χ1v) is 7.93. The topological polar surface area (TPSA) is 54.7 Å². The molecule has 1 N–H and O–H groups in total. The molecule has 0 bridgehead atoms. The predicted molar refractivity (Wildman–Crippen MR) is 87.1 cm³/mol. The van der Waals surface area contributed by atoms with E-state index in [1.165, 1.54) is 5.56 Å². The minimum atomic E-state index is 0.0534. The van der Waals surface area contributed by atoms with Gasteiger partial charge in [0.25, 0.3) is 0 Å². The summed E-state index contributed by atoms with van der Waals surface area (Å²) in [5.74, 6) is 1.71. The van der Waals surface area contributed by atoms with Gasteiger partial charge in [0.15, 0.2) is 0 Å². The lowest BCUT2D eigenvalue weighted by Gasteiger charge is -2.41. The molecule has 1 aliphatic rings. The zero-order valence-electron chi connectivity index (χ0n) is 13.3. The monoisotopic (exact) mass is 314 g/mol. The number of benzene rings is 1. The van der Waals surface area contributed by atoms with Crippen molar-refractivity contribution < 1.29 is 13.9 Å². The summed E-state index contributed by atoms with van der Waals surface area (Å²) in [4.78, 5) is 14.3. The van der Waals surface area contributed by atoms with Crippen molar-refractivity contribution in [3.63, 3.8) is 0 Å². The van der Waals surface area contributed by atoms with Gasteiger partial charge in [0.2, 0.25) is 5.91 Å². The molecule has 1 aromatic heterocycles. The van der Waals surface area contributed by atoms with Crippen LogP contribution in [0.4, 0.5) is 0 Å². The van der Waals surface area contributed by atoms with Crippen LogP contribution in [0.25, 0.3) is 0 Å². The molecule has 1 aliphatic heterocycles. The second-order valence-corrected chi connectivity index (χ2v) is 5.72. The van der Waals surface area contributed by atoms with Crippen molar-refractivity contribution in [3.05, 3.63) is 54.0 Å². The largest absolute Gasteiger partial charge is 0.497 e. The molecular formula is C18H22N2O3. The fraction of sp³-hybridized carbons (Fsp3) is 0.389. The Hall–Kier alpha value is -2.27. The molecular weight excluding hydrogens is 292 g/mol. The van der Waals surface area contributed by atoms with Crippen molar-refractivity contribution in [1.29, 1.82) is 0 Å². The lowest BCUT2D eigenvalue weighted by Crippen LogP contribution is -2.42. The number of nitrogens with one attached hydrogen (secondary N) is 1. The number of hydrogen-bond acceptors (Lipinski definition) is 4. The summed E-state index contributed by atoms with van der Waals surface area (Å²) >= 11 is 0. The van der Waals surface area contributed by atoms with Crippen LogP contribution in [0.1, 0.15) is 30.2 Å². The zero-order chi connectivity index (χ0) is 16.1. The Morgan fingerprint density at radius 1 is 1.39 bits per heavy atom. The van der Waals surface area contributed by atoms with Crippen molar-refractivity contribution >= 4 is 5.91 Å². The van der Waals surface area contributed by atoms with E-state index < -0.39 is 0 Å². The van der Waals surface area contributed by atoms with Crippen molar-refractivity contribution in [2.24, 2.45) is 0 Å². The van der Waals surface area contributed by atoms with Crippen LogP contribution in [0.5, 0.6) is 5.75 Å². The van der Waals surface area contributed by atoms with Crippen LogP contribution >= 0.6 is 0 Å². The summed E-state index contributed by atoms with van der Waals surface area (Å²) in [5.41, 5.74) is 1.26. The van der Waals surface area contributed by atoms with Gasteiger partial charge in [0.1, 0.15) is 11.5 Å². The highest BCUT2D eigenvalue weighted by Crippen LogP contribution is 2.34. The zero-order valence-corrected chi connectivity index (χ0v) is 13.3. The van der Waals surface area contributed by atoms with Gasteiger partial charge in [0, 0.05) is 25.6 Å². The number of carbonyl (C=O) groups is 1. The molecule has 3 rings (SSSR count). The van der Waals surface area contributed by atoms with E-state index in [0.717, 1.165) is 31.0 Å². The van der Waals surface area contributed by atoms with Gasteiger partial charge in [-0.1, -0.05) is 12.1 Å². The molecule has 5 nitrogen and oxygen atoms in total. The Kier molecular flexibility index (Phi) is 4.98. The number of likely N-dealkylation sites (tertiary alicyclic amines) is 1. The Morgan fingerprint density at radius 2 is 2.30 bits per heavy atom. The molecule has 23 heavy (non-hydrogen) atoms. The van der Waals surface area contributed by atoms with Gasteiger partial charge in [-0.15, -0.1) is 0 Å². The third kappa shape index (κ3) is 3.93. The molecule has 2 aromatic rings. The molecule has 1 saturated heterocycles. The Balaban J connectivity index is 1.45. The van der Waals surface area contributed by atoms with Gasteiger partial charge >= 0.3 is 0 Å². The Morgan fingerprint density at radius 3 is 3.00 bits per heavy atom. The van der Waals surface area contributed by atoms with Crippen LogP contribution in [-0.2, 0) is 11.3 Å². The third-order valence-corrected chi connectivity index (χ3v) is 4.28. The molecule has 0 aliphatic carbocycles. The highest BCUT2D eigenvalue weighted by Gasteiger charge is 2.29. The van der Waals surface area contributed by atoms with Crippen LogP contribution in [-0.4, -0.2) is 31.0 Å². The molecule has 2 heterocycles. The number of carbonyl (C=O) groups excluding carboxylic acids is 1. The normalized spacial score (nSPS) is 17.5. The van der Waals surface area contributed by atoms with Gasteiger partial charge in [-0.2, -0.15) is 0 Å². The van der Waals surface area contributed by atoms with Gasteiger partial charge in [-0.3, -0.25) is 9.69 Å². The van der Waals surface area contributed by atoms with Gasteiger partial charge in [0.05, 0.1) is 19.9 Å². The SMILES string of the molecule is COc1cccc(C2CCN2CCC(=O)NCc2ccco2)c1. The quantitative estimate of drug-likeness (QED) is 0.854.